The van der Waals surface area contributed by atoms with E-state index in [9.17, 15) is 0 Å². The molecule has 0 aromatic carbocycles. The second-order valence-electron chi connectivity index (χ2n) is 6.15. The Morgan fingerprint density at radius 2 is 2.00 bits per heavy atom. The third-order valence-electron chi connectivity index (χ3n) is 4.05. The van der Waals surface area contributed by atoms with Crippen LogP contribution in [-0.4, -0.2) is 22.3 Å². The van der Waals surface area contributed by atoms with E-state index in [2.05, 4.69) is 48.5 Å². The summed E-state index contributed by atoms with van der Waals surface area (Å²) in [4.78, 5) is 0. The van der Waals surface area contributed by atoms with E-state index < -0.39 is 0 Å². The first-order chi connectivity index (χ1) is 9.04. The molecule has 1 aromatic rings. The molecule has 5 nitrogen and oxygen atoms in total. The fourth-order valence-electron chi connectivity index (χ4n) is 2.53. The molecule has 3 unspecified atom stereocenters. The molecule has 1 aliphatic carbocycles. The van der Waals surface area contributed by atoms with Crippen molar-refractivity contribution in [3.8, 4) is 0 Å². The highest BCUT2D eigenvalue weighted by molar-refractivity contribution is 5.19. The molecule has 108 valence electrons. The van der Waals surface area contributed by atoms with Crippen LogP contribution in [0.25, 0.3) is 0 Å². The Morgan fingerprint density at radius 1 is 1.21 bits per heavy atom. The van der Waals surface area contributed by atoms with E-state index in [-0.39, 0.29) is 0 Å². The van der Waals surface area contributed by atoms with Crippen molar-refractivity contribution in [3.63, 3.8) is 0 Å². The van der Waals surface area contributed by atoms with Crippen LogP contribution in [0.3, 0.4) is 0 Å². The van der Waals surface area contributed by atoms with E-state index >= 15 is 0 Å². The van der Waals surface area contributed by atoms with Crippen LogP contribution in [0.4, 0.5) is 6.01 Å². The molecule has 1 aromatic heterocycles. The van der Waals surface area contributed by atoms with Gasteiger partial charge in [0.25, 0.3) is 0 Å². The van der Waals surface area contributed by atoms with Gasteiger partial charge in [-0.25, -0.2) is 0 Å². The van der Waals surface area contributed by atoms with Gasteiger partial charge in [-0.05, 0) is 31.1 Å². The molecule has 19 heavy (non-hydrogen) atoms. The summed E-state index contributed by atoms with van der Waals surface area (Å²) >= 11 is 0. The van der Waals surface area contributed by atoms with E-state index in [1.807, 2.05) is 0 Å². The Morgan fingerprint density at radius 3 is 2.68 bits per heavy atom. The van der Waals surface area contributed by atoms with Crippen LogP contribution in [0.15, 0.2) is 4.42 Å². The van der Waals surface area contributed by atoms with Gasteiger partial charge in [0, 0.05) is 12.1 Å². The highest BCUT2D eigenvalue weighted by Gasteiger charge is 2.25. The summed E-state index contributed by atoms with van der Waals surface area (Å²) in [7, 11) is 0. The lowest BCUT2D eigenvalue weighted by Crippen LogP contribution is -2.30. The molecule has 0 aliphatic heterocycles. The largest absolute Gasteiger partial charge is 0.407 e. The Kier molecular flexibility index (Phi) is 4.80. The molecule has 2 N–H and O–H groups in total. The van der Waals surface area contributed by atoms with E-state index in [1.54, 1.807) is 0 Å². The first-order valence-electron chi connectivity index (χ1n) is 7.37. The number of hydrogen-bond acceptors (Lipinski definition) is 5. The molecule has 2 rings (SSSR count). The van der Waals surface area contributed by atoms with Gasteiger partial charge in [0.1, 0.15) is 0 Å². The van der Waals surface area contributed by atoms with Gasteiger partial charge in [0.05, 0.1) is 6.54 Å². The molecular weight excluding hydrogens is 240 g/mol. The number of nitrogens with zero attached hydrogens (tertiary/aromatic N) is 2. The van der Waals surface area contributed by atoms with Gasteiger partial charge >= 0.3 is 6.01 Å². The normalized spacial score (nSPS) is 27.7. The summed E-state index contributed by atoms with van der Waals surface area (Å²) in [5.41, 5.74) is 0. The van der Waals surface area contributed by atoms with Crippen LogP contribution in [-0.2, 0) is 6.54 Å². The minimum absolute atomic E-state index is 0.420. The quantitative estimate of drug-likeness (QED) is 0.858. The van der Waals surface area contributed by atoms with Crippen LogP contribution >= 0.6 is 0 Å². The van der Waals surface area contributed by atoms with Gasteiger partial charge in [0.2, 0.25) is 5.89 Å². The number of aromatic nitrogens is 2. The van der Waals surface area contributed by atoms with E-state index in [0.29, 0.717) is 30.5 Å². The standard InChI is InChI=1S/C14H26N4O/c1-9(2)15-8-13-17-18-14(19-13)16-12-6-5-10(3)11(4)7-12/h9-12,15H,5-8H2,1-4H3,(H,16,18). The monoisotopic (exact) mass is 266 g/mol. The van der Waals surface area contributed by atoms with Crippen molar-refractivity contribution >= 4 is 6.01 Å². The lowest BCUT2D eigenvalue weighted by Gasteiger charge is -2.31. The zero-order valence-electron chi connectivity index (χ0n) is 12.4. The van der Waals surface area contributed by atoms with Crippen molar-refractivity contribution in [3.05, 3.63) is 5.89 Å². The smallest absolute Gasteiger partial charge is 0.315 e. The number of hydrogen-bond donors (Lipinski definition) is 2. The van der Waals surface area contributed by atoms with Gasteiger partial charge in [-0.2, -0.15) is 0 Å². The molecule has 0 saturated heterocycles. The molecule has 1 fully saturated rings. The highest BCUT2D eigenvalue weighted by Crippen LogP contribution is 2.30. The number of nitrogens with one attached hydrogen (secondary N) is 2. The van der Waals surface area contributed by atoms with E-state index in [4.69, 9.17) is 4.42 Å². The zero-order valence-corrected chi connectivity index (χ0v) is 12.4. The Balaban J connectivity index is 1.83. The number of rotatable bonds is 5. The second-order valence-corrected chi connectivity index (χ2v) is 6.15. The van der Waals surface area contributed by atoms with Crippen molar-refractivity contribution in [2.45, 2.75) is 65.6 Å². The zero-order chi connectivity index (χ0) is 13.8. The minimum Gasteiger partial charge on any atom is -0.407 e. The third kappa shape index (κ3) is 4.20. The maximum absolute atomic E-state index is 5.60. The molecule has 1 aliphatic rings. The summed E-state index contributed by atoms with van der Waals surface area (Å²) in [6, 6.07) is 1.45. The van der Waals surface area contributed by atoms with Crippen LogP contribution < -0.4 is 10.6 Å². The molecule has 0 bridgehead atoms. The lowest BCUT2D eigenvalue weighted by molar-refractivity contribution is 0.258. The molecule has 0 radical (unpaired) electrons. The van der Waals surface area contributed by atoms with Crippen molar-refractivity contribution < 1.29 is 4.42 Å². The van der Waals surface area contributed by atoms with Crippen molar-refractivity contribution in [2.24, 2.45) is 11.8 Å². The van der Waals surface area contributed by atoms with Crippen molar-refractivity contribution in [1.29, 1.82) is 0 Å². The summed E-state index contributed by atoms with van der Waals surface area (Å²) in [6.07, 6.45) is 3.64. The Hall–Kier alpha value is -1.10. The molecular formula is C14H26N4O. The molecule has 1 saturated carbocycles. The van der Waals surface area contributed by atoms with E-state index in [0.717, 1.165) is 11.8 Å². The Bertz CT molecular complexity index is 391. The fraction of sp³-hybridized carbons (Fsp3) is 0.857. The topological polar surface area (TPSA) is 63.0 Å². The summed E-state index contributed by atoms with van der Waals surface area (Å²) in [5.74, 6) is 2.23. The SMILES string of the molecule is CC(C)NCc1nnc(NC2CCC(C)C(C)C2)o1. The Labute approximate surface area is 115 Å². The predicted octanol–water partition coefficient (Wildman–Crippen LogP) is 2.80. The number of anilines is 1. The molecule has 5 heteroatoms. The van der Waals surface area contributed by atoms with Gasteiger partial charge < -0.3 is 15.1 Å². The molecule has 3 atom stereocenters. The fourth-order valence-corrected chi connectivity index (χ4v) is 2.53. The van der Waals surface area contributed by atoms with Crippen LogP contribution in [0.2, 0.25) is 0 Å². The van der Waals surface area contributed by atoms with Crippen molar-refractivity contribution in [2.75, 3.05) is 5.32 Å². The van der Waals surface area contributed by atoms with Gasteiger partial charge in [-0.1, -0.05) is 32.8 Å². The highest BCUT2D eigenvalue weighted by atomic mass is 16.4. The van der Waals surface area contributed by atoms with Crippen LogP contribution in [0.1, 0.15) is 52.8 Å². The maximum atomic E-state index is 5.60. The predicted molar refractivity (Wildman–Crippen MR) is 75.9 cm³/mol. The lowest BCUT2D eigenvalue weighted by atomic mass is 9.79. The van der Waals surface area contributed by atoms with Gasteiger partial charge in [0.15, 0.2) is 0 Å². The molecule has 1 heterocycles. The molecule has 0 spiro atoms. The minimum atomic E-state index is 0.420. The first kappa shape index (κ1) is 14.3. The van der Waals surface area contributed by atoms with Crippen molar-refractivity contribution in [1.82, 2.24) is 15.5 Å². The summed E-state index contributed by atoms with van der Waals surface area (Å²) in [5, 5.41) is 14.7. The average Bonchev–Trinajstić information content (AvgIpc) is 2.79. The maximum Gasteiger partial charge on any atom is 0.315 e. The summed E-state index contributed by atoms with van der Waals surface area (Å²) < 4.78 is 5.60. The average molecular weight is 266 g/mol. The van der Waals surface area contributed by atoms with Crippen LogP contribution in [0.5, 0.6) is 0 Å². The van der Waals surface area contributed by atoms with E-state index in [1.165, 1.54) is 19.3 Å². The second kappa shape index (κ2) is 6.37. The van der Waals surface area contributed by atoms with Gasteiger partial charge in [-0.15, -0.1) is 5.10 Å². The summed E-state index contributed by atoms with van der Waals surface area (Å²) in [6.45, 7) is 9.48. The third-order valence-corrected chi connectivity index (χ3v) is 4.05. The van der Waals surface area contributed by atoms with Crippen LogP contribution in [0, 0.1) is 11.8 Å². The van der Waals surface area contributed by atoms with Gasteiger partial charge in [-0.3, -0.25) is 0 Å². The molecule has 0 amide bonds. The first-order valence-corrected chi connectivity index (χ1v) is 7.37.